The SMILES string of the molecule is [B]c1ccc2cccc3c2c1-c1ccccc1-3. The first-order chi connectivity index (χ1) is 8.36. The maximum Gasteiger partial charge on any atom is 0.114 e. The van der Waals surface area contributed by atoms with Crippen LogP contribution < -0.4 is 5.46 Å². The standard InChI is InChI=1S/C16H9B/c17-14-9-8-10-4-3-7-12-11-5-1-2-6-13(11)16(14)15(10)12/h1-9H. The Hall–Kier alpha value is -2.02. The summed E-state index contributed by atoms with van der Waals surface area (Å²) in [6, 6.07) is 19.0. The van der Waals surface area contributed by atoms with Crippen molar-refractivity contribution in [3.8, 4) is 22.3 Å². The molecule has 3 aromatic carbocycles. The smallest absolute Gasteiger partial charge is 0.0883 e. The summed E-state index contributed by atoms with van der Waals surface area (Å²) in [7, 11) is 6.15. The van der Waals surface area contributed by atoms with Crippen LogP contribution in [0.4, 0.5) is 0 Å². The van der Waals surface area contributed by atoms with Crippen molar-refractivity contribution in [2.45, 2.75) is 0 Å². The van der Waals surface area contributed by atoms with Crippen LogP contribution in [0.1, 0.15) is 0 Å². The Labute approximate surface area is 101 Å². The predicted molar refractivity (Wildman–Crippen MR) is 73.8 cm³/mol. The third-order valence-corrected chi connectivity index (χ3v) is 3.56. The molecule has 0 aliphatic heterocycles. The summed E-state index contributed by atoms with van der Waals surface area (Å²) in [5.41, 5.74) is 5.94. The third kappa shape index (κ3) is 1.04. The van der Waals surface area contributed by atoms with Crippen molar-refractivity contribution in [3.05, 3.63) is 54.6 Å². The Balaban J connectivity index is 2.33. The van der Waals surface area contributed by atoms with Gasteiger partial charge in [0.15, 0.2) is 0 Å². The maximum atomic E-state index is 6.15. The van der Waals surface area contributed by atoms with E-state index in [0.717, 1.165) is 5.46 Å². The summed E-state index contributed by atoms with van der Waals surface area (Å²) >= 11 is 0. The minimum Gasteiger partial charge on any atom is -0.0883 e. The van der Waals surface area contributed by atoms with Gasteiger partial charge in [-0.3, -0.25) is 0 Å². The fourth-order valence-corrected chi connectivity index (χ4v) is 2.85. The van der Waals surface area contributed by atoms with E-state index < -0.39 is 0 Å². The zero-order valence-electron chi connectivity index (χ0n) is 9.27. The number of rotatable bonds is 0. The normalized spacial score (nSPS) is 11.8. The van der Waals surface area contributed by atoms with Gasteiger partial charge in [0.2, 0.25) is 0 Å². The van der Waals surface area contributed by atoms with Gasteiger partial charge >= 0.3 is 0 Å². The van der Waals surface area contributed by atoms with Gasteiger partial charge in [0, 0.05) is 0 Å². The van der Waals surface area contributed by atoms with Gasteiger partial charge < -0.3 is 0 Å². The van der Waals surface area contributed by atoms with E-state index in [2.05, 4.69) is 48.5 Å². The molecule has 0 unspecified atom stereocenters. The van der Waals surface area contributed by atoms with Crippen molar-refractivity contribution in [1.29, 1.82) is 0 Å². The summed E-state index contributed by atoms with van der Waals surface area (Å²) in [5.74, 6) is 0. The molecule has 3 aromatic rings. The molecule has 0 N–H and O–H groups in total. The van der Waals surface area contributed by atoms with Crippen molar-refractivity contribution in [2.24, 2.45) is 0 Å². The van der Waals surface area contributed by atoms with Gasteiger partial charge in [-0.25, -0.2) is 0 Å². The Morgan fingerprint density at radius 3 is 2.29 bits per heavy atom. The predicted octanol–water partition coefficient (Wildman–Crippen LogP) is 3.28. The molecule has 76 valence electrons. The van der Waals surface area contributed by atoms with Crippen LogP contribution >= 0.6 is 0 Å². The lowest BCUT2D eigenvalue weighted by Gasteiger charge is -2.05. The number of hydrogen-bond acceptors (Lipinski definition) is 0. The van der Waals surface area contributed by atoms with Crippen LogP contribution in [0, 0.1) is 0 Å². The van der Waals surface area contributed by atoms with E-state index in [9.17, 15) is 0 Å². The Bertz CT molecular complexity index is 757. The minimum atomic E-state index is 0.870. The van der Waals surface area contributed by atoms with E-state index in [-0.39, 0.29) is 0 Å². The van der Waals surface area contributed by atoms with Gasteiger partial charge in [-0.05, 0) is 33.0 Å². The van der Waals surface area contributed by atoms with E-state index in [1.807, 2.05) is 6.07 Å². The molecule has 0 spiro atoms. The van der Waals surface area contributed by atoms with E-state index in [1.54, 1.807) is 0 Å². The Morgan fingerprint density at radius 1 is 0.647 bits per heavy atom. The van der Waals surface area contributed by atoms with Gasteiger partial charge in [0.1, 0.15) is 7.85 Å². The quantitative estimate of drug-likeness (QED) is 0.392. The van der Waals surface area contributed by atoms with Crippen LogP contribution in [0.5, 0.6) is 0 Å². The fourth-order valence-electron chi connectivity index (χ4n) is 2.85. The van der Waals surface area contributed by atoms with Gasteiger partial charge in [-0.2, -0.15) is 0 Å². The highest BCUT2D eigenvalue weighted by Gasteiger charge is 2.21. The van der Waals surface area contributed by atoms with Crippen molar-refractivity contribution in [3.63, 3.8) is 0 Å². The van der Waals surface area contributed by atoms with Crippen LogP contribution in [-0.2, 0) is 0 Å². The molecular weight excluding hydrogens is 203 g/mol. The topological polar surface area (TPSA) is 0 Å². The zero-order valence-corrected chi connectivity index (χ0v) is 9.27. The molecule has 0 nitrogen and oxygen atoms in total. The molecule has 0 bridgehead atoms. The van der Waals surface area contributed by atoms with Gasteiger partial charge in [0.25, 0.3) is 0 Å². The molecule has 0 heterocycles. The lowest BCUT2D eigenvalue weighted by molar-refractivity contribution is 1.70. The van der Waals surface area contributed by atoms with Crippen LogP contribution in [0.15, 0.2) is 54.6 Å². The Morgan fingerprint density at radius 2 is 1.41 bits per heavy atom. The number of hydrogen-bond donors (Lipinski definition) is 0. The molecule has 4 rings (SSSR count). The lowest BCUT2D eigenvalue weighted by atomic mass is 9.86. The van der Waals surface area contributed by atoms with Crippen LogP contribution in [0.3, 0.4) is 0 Å². The van der Waals surface area contributed by atoms with Gasteiger partial charge in [0.05, 0.1) is 0 Å². The minimum absolute atomic E-state index is 0.870. The second-order valence-corrected chi connectivity index (χ2v) is 4.48. The third-order valence-electron chi connectivity index (χ3n) is 3.56. The highest BCUT2D eigenvalue weighted by molar-refractivity contribution is 6.40. The largest absolute Gasteiger partial charge is 0.114 e. The first-order valence-corrected chi connectivity index (χ1v) is 5.77. The molecule has 0 aromatic heterocycles. The summed E-state index contributed by atoms with van der Waals surface area (Å²) < 4.78 is 0. The molecule has 1 aliphatic carbocycles. The first kappa shape index (κ1) is 9.06. The average molecular weight is 212 g/mol. The number of benzene rings is 3. The average Bonchev–Trinajstić information content (AvgIpc) is 2.71. The summed E-state index contributed by atoms with van der Waals surface area (Å²) in [5, 5.41) is 2.57. The highest BCUT2D eigenvalue weighted by atomic mass is 14.2. The second-order valence-electron chi connectivity index (χ2n) is 4.48. The van der Waals surface area contributed by atoms with Gasteiger partial charge in [-0.15, -0.1) is 0 Å². The molecule has 1 heteroatoms. The Kier molecular flexibility index (Phi) is 1.60. The first-order valence-electron chi connectivity index (χ1n) is 5.77. The monoisotopic (exact) mass is 212 g/mol. The fraction of sp³-hybridized carbons (Fsp3) is 0. The van der Waals surface area contributed by atoms with Crippen LogP contribution in [-0.4, -0.2) is 7.85 Å². The molecule has 0 amide bonds. The second kappa shape index (κ2) is 3.01. The molecule has 1 aliphatic rings. The molecule has 0 saturated heterocycles. The van der Waals surface area contributed by atoms with Crippen molar-refractivity contribution >= 4 is 24.1 Å². The van der Waals surface area contributed by atoms with E-state index in [0.29, 0.717) is 0 Å². The lowest BCUT2D eigenvalue weighted by Crippen LogP contribution is -2.04. The summed E-state index contributed by atoms with van der Waals surface area (Å²) in [6.07, 6.45) is 0. The highest BCUT2D eigenvalue weighted by Crippen LogP contribution is 2.45. The number of fused-ring (bicyclic) bond motifs is 3. The maximum absolute atomic E-state index is 6.15. The van der Waals surface area contributed by atoms with Gasteiger partial charge in [-0.1, -0.05) is 60.1 Å². The molecule has 0 fully saturated rings. The van der Waals surface area contributed by atoms with Crippen molar-refractivity contribution in [2.75, 3.05) is 0 Å². The molecule has 0 saturated carbocycles. The molecule has 2 radical (unpaired) electrons. The molecule has 17 heavy (non-hydrogen) atoms. The summed E-state index contributed by atoms with van der Waals surface area (Å²) in [6.45, 7) is 0. The zero-order chi connectivity index (χ0) is 11.4. The molecule has 0 atom stereocenters. The van der Waals surface area contributed by atoms with Crippen LogP contribution in [0.25, 0.3) is 33.0 Å². The van der Waals surface area contributed by atoms with Crippen molar-refractivity contribution in [1.82, 2.24) is 0 Å². The van der Waals surface area contributed by atoms with E-state index in [4.69, 9.17) is 7.85 Å². The van der Waals surface area contributed by atoms with E-state index >= 15 is 0 Å². The summed E-state index contributed by atoms with van der Waals surface area (Å²) in [4.78, 5) is 0. The van der Waals surface area contributed by atoms with Crippen LogP contribution in [0.2, 0.25) is 0 Å². The molecular formula is C16H9B. The van der Waals surface area contributed by atoms with E-state index in [1.165, 1.54) is 33.0 Å². The van der Waals surface area contributed by atoms with Crippen molar-refractivity contribution < 1.29 is 0 Å².